The highest BCUT2D eigenvalue weighted by atomic mass is 16.5. The average Bonchev–Trinajstić information content (AvgIpc) is 3.35. The van der Waals surface area contributed by atoms with E-state index in [0.717, 1.165) is 42.7 Å². The van der Waals surface area contributed by atoms with E-state index < -0.39 is 6.04 Å². The van der Waals surface area contributed by atoms with E-state index in [9.17, 15) is 9.59 Å². The molecule has 0 spiro atoms. The number of amides is 2. The number of nitrogens with one attached hydrogen (secondary N) is 1. The third-order valence-electron chi connectivity index (χ3n) is 6.12. The van der Waals surface area contributed by atoms with Crippen molar-refractivity contribution in [3.63, 3.8) is 0 Å². The first-order valence-corrected chi connectivity index (χ1v) is 12.0. The van der Waals surface area contributed by atoms with Gasteiger partial charge in [0.25, 0.3) is 0 Å². The molecule has 0 saturated heterocycles. The number of hydrogen-bond donors (Lipinski definition) is 1. The topological polar surface area (TPSA) is 67.9 Å². The molecule has 0 aromatic heterocycles. The van der Waals surface area contributed by atoms with Crippen molar-refractivity contribution in [3.8, 4) is 11.5 Å². The summed E-state index contributed by atoms with van der Waals surface area (Å²) in [5.41, 5.74) is 0.940. The lowest BCUT2D eigenvalue weighted by Gasteiger charge is -2.31. The van der Waals surface area contributed by atoms with Gasteiger partial charge in [0.15, 0.2) is 0 Å². The molecule has 1 fully saturated rings. The van der Waals surface area contributed by atoms with Crippen molar-refractivity contribution in [1.82, 2.24) is 10.2 Å². The Labute approximate surface area is 197 Å². The van der Waals surface area contributed by atoms with Gasteiger partial charge >= 0.3 is 0 Å². The quantitative estimate of drug-likeness (QED) is 0.473. The summed E-state index contributed by atoms with van der Waals surface area (Å²) < 4.78 is 11.1. The normalized spacial score (nSPS) is 14.5. The van der Waals surface area contributed by atoms with Gasteiger partial charge in [-0.15, -0.1) is 0 Å². The molecule has 3 rings (SSSR count). The highest BCUT2D eigenvalue weighted by molar-refractivity contribution is 5.87. The van der Waals surface area contributed by atoms with Crippen LogP contribution in [0.4, 0.5) is 0 Å². The number of hydrogen-bond acceptors (Lipinski definition) is 4. The minimum Gasteiger partial charge on any atom is -0.497 e. The van der Waals surface area contributed by atoms with Crippen LogP contribution >= 0.6 is 0 Å². The van der Waals surface area contributed by atoms with Crippen LogP contribution in [0, 0.1) is 0 Å². The third kappa shape index (κ3) is 7.52. The Hall–Kier alpha value is -3.02. The van der Waals surface area contributed by atoms with Crippen molar-refractivity contribution in [2.24, 2.45) is 0 Å². The maximum absolute atomic E-state index is 13.3. The maximum atomic E-state index is 13.3. The monoisotopic (exact) mass is 452 g/mol. The van der Waals surface area contributed by atoms with Crippen LogP contribution in [0.2, 0.25) is 0 Å². The summed E-state index contributed by atoms with van der Waals surface area (Å²) in [5.74, 6) is 1.43. The van der Waals surface area contributed by atoms with E-state index in [0.29, 0.717) is 32.4 Å². The fraction of sp³-hybridized carbons (Fsp3) is 0.481. The largest absolute Gasteiger partial charge is 0.497 e. The summed E-state index contributed by atoms with van der Waals surface area (Å²) in [6, 6.07) is 17.0. The molecule has 2 amide bonds. The van der Waals surface area contributed by atoms with Gasteiger partial charge in [0.05, 0.1) is 13.7 Å². The van der Waals surface area contributed by atoms with E-state index in [4.69, 9.17) is 9.47 Å². The molecule has 6 nitrogen and oxygen atoms in total. The predicted molar refractivity (Wildman–Crippen MR) is 129 cm³/mol. The van der Waals surface area contributed by atoms with Crippen molar-refractivity contribution >= 4 is 11.8 Å². The summed E-state index contributed by atoms with van der Waals surface area (Å²) in [6.45, 7) is 2.78. The van der Waals surface area contributed by atoms with Crippen molar-refractivity contribution in [2.75, 3.05) is 13.7 Å². The van der Waals surface area contributed by atoms with E-state index in [2.05, 4.69) is 5.32 Å². The molecule has 1 atom stereocenters. The summed E-state index contributed by atoms with van der Waals surface area (Å²) in [4.78, 5) is 28.2. The van der Waals surface area contributed by atoms with Crippen molar-refractivity contribution in [3.05, 3.63) is 60.2 Å². The van der Waals surface area contributed by atoms with Gasteiger partial charge in [-0.25, -0.2) is 0 Å². The highest BCUT2D eigenvalue weighted by Crippen LogP contribution is 2.21. The van der Waals surface area contributed by atoms with Crippen LogP contribution in [-0.2, 0) is 16.1 Å². The maximum Gasteiger partial charge on any atom is 0.243 e. The molecule has 2 aromatic carbocycles. The Balaban J connectivity index is 1.67. The number of benzene rings is 2. The van der Waals surface area contributed by atoms with Crippen LogP contribution in [0.25, 0.3) is 0 Å². The minimum atomic E-state index is -0.501. The zero-order valence-electron chi connectivity index (χ0n) is 19.8. The second-order valence-electron chi connectivity index (χ2n) is 8.55. The highest BCUT2D eigenvalue weighted by Gasteiger charge is 2.30. The molecule has 1 aliphatic rings. The van der Waals surface area contributed by atoms with Crippen LogP contribution in [0.1, 0.15) is 57.4 Å². The second kappa shape index (κ2) is 12.9. The number of para-hydroxylation sites is 1. The van der Waals surface area contributed by atoms with E-state index in [1.54, 1.807) is 12.0 Å². The molecule has 6 heteroatoms. The molecule has 0 unspecified atom stereocenters. The van der Waals surface area contributed by atoms with Gasteiger partial charge in [0, 0.05) is 19.0 Å². The summed E-state index contributed by atoms with van der Waals surface area (Å²) >= 11 is 0. The van der Waals surface area contributed by atoms with E-state index in [-0.39, 0.29) is 17.9 Å². The number of carbonyl (C=O) groups is 2. The van der Waals surface area contributed by atoms with Gasteiger partial charge in [0.2, 0.25) is 11.8 Å². The third-order valence-corrected chi connectivity index (χ3v) is 6.12. The fourth-order valence-corrected chi connectivity index (χ4v) is 4.33. The second-order valence-corrected chi connectivity index (χ2v) is 8.55. The van der Waals surface area contributed by atoms with E-state index >= 15 is 0 Å². The van der Waals surface area contributed by atoms with Crippen LogP contribution in [-0.4, -0.2) is 42.5 Å². The molecule has 178 valence electrons. The average molecular weight is 453 g/mol. The lowest BCUT2D eigenvalue weighted by atomic mass is 10.1. The molecule has 0 aliphatic heterocycles. The van der Waals surface area contributed by atoms with Gasteiger partial charge in [0.1, 0.15) is 17.5 Å². The Morgan fingerprint density at radius 1 is 1.06 bits per heavy atom. The molecule has 0 heterocycles. The fourth-order valence-electron chi connectivity index (χ4n) is 4.33. The first kappa shape index (κ1) is 24.6. The number of ether oxygens (including phenoxy) is 2. The smallest absolute Gasteiger partial charge is 0.243 e. The van der Waals surface area contributed by atoms with Gasteiger partial charge < -0.3 is 19.7 Å². The van der Waals surface area contributed by atoms with Gasteiger partial charge in [-0.05, 0) is 55.5 Å². The molecular weight excluding hydrogens is 416 g/mol. The zero-order valence-corrected chi connectivity index (χ0v) is 19.8. The van der Waals surface area contributed by atoms with Gasteiger partial charge in [-0.3, -0.25) is 9.59 Å². The van der Waals surface area contributed by atoms with Gasteiger partial charge in [-0.2, -0.15) is 0 Å². The zero-order chi connectivity index (χ0) is 23.5. The van der Waals surface area contributed by atoms with Crippen LogP contribution < -0.4 is 14.8 Å². The van der Waals surface area contributed by atoms with E-state index in [1.165, 1.54) is 0 Å². The number of methoxy groups -OCH3 is 1. The molecule has 0 bridgehead atoms. The molecular formula is C27H36N2O4. The predicted octanol–water partition coefficient (Wildman–Crippen LogP) is 4.72. The first-order chi connectivity index (χ1) is 16.1. The summed E-state index contributed by atoms with van der Waals surface area (Å²) in [5, 5.41) is 3.18. The molecule has 1 aliphatic carbocycles. The number of nitrogens with zero attached hydrogens (tertiary/aromatic N) is 1. The van der Waals surface area contributed by atoms with Crippen molar-refractivity contribution in [2.45, 2.75) is 70.5 Å². The number of carbonyl (C=O) groups excluding carboxylic acids is 2. The standard InChI is InChI=1S/C27H36N2O4/c1-3-25(27(31)28-22-12-7-8-13-22)29(20-21-11-9-16-24(19-21)32-2)26(30)17-10-18-33-23-14-5-4-6-15-23/h4-6,9,11,14-16,19,22,25H,3,7-8,10,12-13,17-18,20H2,1-2H3,(H,28,31)/t25-/m0/s1. The minimum absolute atomic E-state index is 0.0390. The van der Waals surface area contributed by atoms with E-state index in [1.807, 2.05) is 61.5 Å². The van der Waals surface area contributed by atoms with Crippen LogP contribution in [0.3, 0.4) is 0 Å². The molecule has 2 aromatic rings. The Bertz CT molecular complexity index is 881. The van der Waals surface area contributed by atoms with Crippen LogP contribution in [0.15, 0.2) is 54.6 Å². The van der Waals surface area contributed by atoms with Gasteiger partial charge in [-0.1, -0.05) is 50.1 Å². The van der Waals surface area contributed by atoms with Crippen molar-refractivity contribution in [1.29, 1.82) is 0 Å². The lowest BCUT2D eigenvalue weighted by Crippen LogP contribution is -2.50. The molecule has 1 saturated carbocycles. The molecule has 33 heavy (non-hydrogen) atoms. The Morgan fingerprint density at radius 3 is 2.48 bits per heavy atom. The van der Waals surface area contributed by atoms with Crippen molar-refractivity contribution < 1.29 is 19.1 Å². The molecule has 1 N–H and O–H groups in total. The van der Waals surface area contributed by atoms with Crippen LogP contribution in [0.5, 0.6) is 11.5 Å². The Kier molecular flexibility index (Phi) is 9.60. The first-order valence-electron chi connectivity index (χ1n) is 12.0. The number of rotatable bonds is 12. The molecule has 0 radical (unpaired) electrons. The SMILES string of the molecule is CC[C@@H](C(=O)NC1CCCC1)N(Cc1cccc(OC)c1)C(=O)CCCOc1ccccc1. The Morgan fingerprint density at radius 2 is 1.79 bits per heavy atom. The summed E-state index contributed by atoms with van der Waals surface area (Å²) in [6.07, 6.45) is 5.80. The lowest BCUT2D eigenvalue weighted by molar-refractivity contribution is -0.141. The summed E-state index contributed by atoms with van der Waals surface area (Å²) in [7, 11) is 1.62.